The number of anilines is 2. The van der Waals surface area contributed by atoms with E-state index in [1.807, 2.05) is 30.3 Å². The average Bonchev–Trinajstić information content (AvgIpc) is 2.74. The number of nitrogens with one attached hydrogen (secondary N) is 2. The summed E-state index contributed by atoms with van der Waals surface area (Å²) < 4.78 is 5.31. The summed E-state index contributed by atoms with van der Waals surface area (Å²) in [4.78, 5) is 20.5. The molecule has 1 amide bonds. The van der Waals surface area contributed by atoms with Crippen molar-refractivity contribution in [2.24, 2.45) is 0 Å². The van der Waals surface area contributed by atoms with Gasteiger partial charge in [-0.2, -0.15) is 5.26 Å². The van der Waals surface area contributed by atoms with Gasteiger partial charge in [0.15, 0.2) is 0 Å². The first kappa shape index (κ1) is 18.9. The van der Waals surface area contributed by atoms with E-state index in [2.05, 4.69) is 26.7 Å². The molecule has 0 saturated heterocycles. The van der Waals surface area contributed by atoms with Crippen molar-refractivity contribution in [2.75, 3.05) is 19.0 Å². The molecule has 2 N–H and O–H groups in total. The summed E-state index contributed by atoms with van der Waals surface area (Å²) in [6.07, 6.45) is 1.97. The first-order chi connectivity index (χ1) is 13.7. The van der Waals surface area contributed by atoms with Crippen LogP contribution in [-0.2, 0) is 6.42 Å². The zero-order chi connectivity index (χ0) is 19.8. The van der Waals surface area contributed by atoms with E-state index in [0.717, 1.165) is 11.3 Å². The molecule has 1 heterocycles. The summed E-state index contributed by atoms with van der Waals surface area (Å²) >= 11 is 0. The summed E-state index contributed by atoms with van der Waals surface area (Å²) in [5, 5.41) is 14.9. The number of hydrogen-bond donors (Lipinski definition) is 2. The number of para-hydroxylation sites is 1. The van der Waals surface area contributed by atoms with Crippen molar-refractivity contribution in [1.29, 1.82) is 5.26 Å². The molecular weight excluding hydrogens is 354 g/mol. The molecule has 0 aliphatic rings. The Hall–Kier alpha value is -3.92. The number of rotatable bonds is 7. The minimum Gasteiger partial charge on any atom is -0.496 e. The molecule has 0 radical (unpaired) electrons. The number of benzene rings is 2. The van der Waals surface area contributed by atoms with Crippen molar-refractivity contribution in [3.05, 3.63) is 77.7 Å². The van der Waals surface area contributed by atoms with Crippen LogP contribution in [0.5, 0.6) is 5.75 Å². The van der Waals surface area contributed by atoms with Crippen LogP contribution in [0.15, 0.2) is 60.9 Å². The molecule has 7 heteroatoms. The third-order valence-electron chi connectivity index (χ3n) is 4.04. The standard InChI is InChI=1S/C21H19N5O2/c1-28-19-8-3-2-6-16(19)9-10-23-21(27)18-12-20(25-14-24-18)26-17-7-4-5-15(11-17)13-22/h2-8,11-12,14H,9-10H2,1H3,(H,23,27)(H,24,25,26). The van der Waals surface area contributed by atoms with Gasteiger partial charge in [-0.05, 0) is 36.2 Å². The van der Waals surface area contributed by atoms with Gasteiger partial charge in [0, 0.05) is 18.3 Å². The van der Waals surface area contributed by atoms with Crippen molar-refractivity contribution in [3.63, 3.8) is 0 Å². The Balaban J connectivity index is 1.61. The van der Waals surface area contributed by atoms with Gasteiger partial charge in [-0.15, -0.1) is 0 Å². The highest BCUT2D eigenvalue weighted by molar-refractivity contribution is 5.93. The van der Waals surface area contributed by atoms with Gasteiger partial charge in [-0.3, -0.25) is 4.79 Å². The van der Waals surface area contributed by atoms with E-state index in [1.54, 1.807) is 31.4 Å². The smallest absolute Gasteiger partial charge is 0.270 e. The fraction of sp³-hybridized carbons (Fsp3) is 0.143. The van der Waals surface area contributed by atoms with Crippen molar-refractivity contribution in [1.82, 2.24) is 15.3 Å². The van der Waals surface area contributed by atoms with E-state index < -0.39 is 0 Å². The van der Waals surface area contributed by atoms with E-state index in [4.69, 9.17) is 10.00 Å². The second kappa shape index (κ2) is 9.14. The van der Waals surface area contributed by atoms with E-state index in [-0.39, 0.29) is 11.6 Å². The number of ether oxygens (including phenoxy) is 1. The molecule has 0 aliphatic heterocycles. The Morgan fingerprint density at radius 1 is 1.14 bits per heavy atom. The predicted molar refractivity (Wildman–Crippen MR) is 106 cm³/mol. The molecular formula is C21H19N5O2. The lowest BCUT2D eigenvalue weighted by molar-refractivity contribution is 0.0949. The molecule has 0 bridgehead atoms. The number of carbonyl (C=O) groups is 1. The largest absolute Gasteiger partial charge is 0.496 e. The number of aromatic nitrogens is 2. The maximum atomic E-state index is 12.4. The Bertz CT molecular complexity index is 1010. The second-order valence-electron chi connectivity index (χ2n) is 5.92. The van der Waals surface area contributed by atoms with Gasteiger partial charge in [0.25, 0.3) is 5.91 Å². The van der Waals surface area contributed by atoms with Crippen LogP contribution in [0.25, 0.3) is 0 Å². The van der Waals surface area contributed by atoms with Crippen LogP contribution in [0.2, 0.25) is 0 Å². The Kier molecular flexibility index (Phi) is 6.16. The first-order valence-electron chi connectivity index (χ1n) is 8.69. The van der Waals surface area contributed by atoms with Crippen LogP contribution in [-0.4, -0.2) is 29.5 Å². The molecule has 0 saturated carbocycles. The Labute approximate surface area is 163 Å². The second-order valence-corrected chi connectivity index (χ2v) is 5.92. The molecule has 140 valence electrons. The maximum Gasteiger partial charge on any atom is 0.270 e. The highest BCUT2D eigenvalue weighted by atomic mass is 16.5. The van der Waals surface area contributed by atoms with E-state index >= 15 is 0 Å². The highest BCUT2D eigenvalue weighted by Crippen LogP contribution is 2.18. The Morgan fingerprint density at radius 3 is 2.82 bits per heavy atom. The molecule has 0 spiro atoms. The predicted octanol–water partition coefficient (Wildman–Crippen LogP) is 3.07. The molecule has 2 aromatic carbocycles. The van der Waals surface area contributed by atoms with Crippen LogP contribution in [0.3, 0.4) is 0 Å². The maximum absolute atomic E-state index is 12.4. The molecule has 0 atom stereocenters. The third-order valence-corrected chi connectivity index (χ3v) is 4.04. The van der Waals surface area contributed by atoms with Crippen LogP contribution in [0.1, 0.15) is 21.6 Å². The summed E-state index contributed by atoms with van der Waals surface area (Å²) in [5.41, 5.74) is 2.52. The summed E-state index contributed by atoms with van der Waals surface area (Å²) in [7, 11) is 1.62. The zero-order valence-corrected chi connectivity index (χ0v) is 15.3. The van der Waals surface area contributed by atoms with Gasteiger partial charge in [-0.1, -0.05) is 24.3 Å². The van der Waals surface area contributed by atoms with Crippen LogP contribution in [0, 0.1) is 11.3 Å². The zero-order valence-electron chi connectivity index (χ0n) is 15.3. The quantitative estimate of drug-likeness (QED) is 0.660. The topological polar surface area (TPSA) is 99.9 Å². The summed E-state index contributed by atoms with van der Waals surface area (Å²) in [6, 6.07) is 18.3. The van der Waals surface area contributed by atoms with Crippen LogP contribution >= 0.6 is 0 Å². The monoisotopic (exact) mass is 373 g/mol. The Morgan fingerprint density at radius 2 is 2.00 bits per heavy atom. The minimum absolute atomic E-state index is 0.258. The van der Waals surface area contributed by atoms with Crippen molar-refractivity contribution in [3.8, 4) is 11.8 Å². The van der Waals surface area contributed by atoms with Crippen molar-refractivity contribution < 1.29 is 9.53 Å². The summed E-state index contributed by atoms with van der Waals surface area (Å²) in [6.45, 7) is 0.455. The van der Waals surface area contributed by atoms with Gasteiger partial charge in [-0.25, -0.2) is 9.97 Å². The van der Waals surface area contributed by atoms with Gasteiger partial charge in [0.2, 0.25) is 0 Å². The molecule has 28 heavy (non-hydrogen) atoms. The SMILES string of the molecule is COc1ccccc1CCNC(=O)c1cc(Nc2cccc(C#N)c2)ncn1. The molecule has 1 aromatic heterocycles. The van der Waals surface area contributed by atoms with Crippen molar-refractivity contribution in [2.45, 2.75) is 6.42 Å². The van der Waals surface area contributed by atoms with Crippen LogP contribution < -0.4 is 15.4 Å². The molecule has 7 nitrogen and oxygen atoms in total. The summed E-state index contributed by atoms with van der Waals surface area (Å²) in [5.74, 6) is 0.982. The lowest BCUT2D eigenvalue weighted by Gasteiger charge is -2.10. The van der Waals surface area contributed by atoms with Gasteiger partial charge in [0.05, 0.1) is 18.7 Å². The third kappa shape index (κ3) is 4.83. The normalized spacial score (nSPS) is 10.0. The molecule has 0 fully saturated rings. The van der Waals surface area contributed by atoms with Gasteiger partial charge in [0.1, 0.15) is 23.6 Å². The van der Waals surface area contributed by atoms with E-state index in [9.17, 15) is 4.79 Å². The number of nitrogens with zero attached hydrogens (tertiary/aromatic N) is 3. The molecule has 0 unspecified atom stereocenters. The van der Waals surface area contributed by atoms with Crippen molar-refractivity contribution >= 4 is 17.4 Å². The molecule has 3 aromatic rings. The van der Waals surface area contributed by atoms with E-state index in [0.29, 0.717) is 30.0 Å². The van der Waals surface area contributed by atoms with Gasteiger partial charge < -0.3 is 15.4 Å². The number of methoxy groups -OCH3 is 1. The molecule has 0 aliphatic carbocycles. The van der Waals surface area contributed by atoms with E-state index in [1.165, 1.54) is 6.33 Å². The number of nitriles is 1. The number of carbonyl (C=O) groups excluding carboxylic acids is 1. The molecule has 3 rings (SSSR count). The van der Waals surface area contributed by atoms with Crippen LogP contribution in [0.4, 0.5) is 11.5 Å². The number of hydrogen-bond acceptors (Lipinski definition) is 6. The minimum atomic E-state index is -0.286. The average molecular weight is 373 g/mol. The lowest BCUT2D eigenvalue weighted by Crippen LogP contribution is -2.26. The van der Waals surface area contributed by atoms with Gasteiger partial charge >= 0.3 is 0 Å². The fourth-order valence-corrected chi connectivity index (χ4v) is 2.67. The highest BCUT2D eigenvalue weighted by Gasteiger charge is 2.09. The number of amides is 1. The fourth-order valence-electron chi connectivity index (χ4n) is 2.67. The first-order valence-corrected chi connectivity index (χ1v) is 8.69. The lowest BCUT2D eigenvalue weighted by atomic mass is 10.1.